The Kier molecular flexibility index (Phi) is 4.58. The van der Waals surface area contributed by atoms with Crippen LogP contribution in [0, 0.1) is 11.3 Å². The van der Waals surface area contributed by atoms with E-state index >= 15 is 0 Å². The topological polar surface area (TPSA) is 126 Å². The number of carbonyl (C=O) groups is 1. The lowest BCUT2D eigenvalue weighted by Gasteiger charge is -2.19. The van der Waals surface area contributed by atoms with Crippen LogP contribution in [0.5, 0.6) is 0 Å². The van der Waals surface area contributed by atoms with Crippen molar-refractivity contribution in [1.82, 2.24) is 10.5 Å². The van der Waals surface area contributed by atoms with E-state index in [1.165, 1.54) is 0 Å². The molecule has 0 saturated heterocycles. The smallest absolute Gasteiger partial charge is 0.407 e. The third-order valence-electron chi connectivity index (χ3n) is 1.92. The number of rotatable bonds is 4. The first kappa shape index (κ1) is 14.6. The number of alkyl carbamates (subject to hydrolysis) is 1. The average molecular weight is 267 g/mol. The molecule has 0 aliphatic heterocycles. The predicted octanol–water partition coefficient (Wildman–Crippen LogP) is 1.07. The second-order valence-corrected chi connectivity index (χ2v) is 4.74. The van der Waals surface area contributed by atoms with E-state index in [9.17, 15) is 4.79 Å². The molecule has 1 aromatic rings. The Bertz CT molecular complexity index is 484. The van der Waals surface area contributed by atoms with Gasteiger partial charge in [-0.25, -0.2) is 4.79 Å². The van der Waals surface area contributed by atoms with Crippen molar-refractivity contribution in [2.24, 2.45) is 0 Å². The lowest BCUT2D eigenvalue weighted by molar-refractivity contribution is 0.0530. The van der Waals surface area contributed by atoms with E-state index in [1.54, 1.807) is 20.8 Å². The second-order valence-electron chi connectivity index (χ2n) is 4.74. The summed E-state index contributed by atoms with van der Waals surface area (Å²) in [7, 11) is 0. The molecule has 0 bridgehead atoms. The number of nitrogen functional groups attached to an aromatic ring is 1. The van der Waals surface area contributed by atoms with Gasteiger partial charge in [0.05, 0.1) is 0 Å². The van der Waals surface area contributed by atoms with Crippen molar-refractivity contribution in [2.45, 2.75) is 26.4 Å². The molecule has 0 aliphatic rings. The van der Waals surface area contributed by atoms with E-state index in [0.29, 0.717) is 13.1 Å². The van der Waals surface area contributed by atoms with E-state index in [2.05, 4.69) is 20.3 Å². The number of hydrogen-bond donors (Lipinski definition) is 3. The van der Waals surface area contributed by atoms with Crippen molar-refractivity contribution >= 4 is 17.8 Å². The van der Waals surface area contributed by atoms with Gasteiger partial charge in [-0.1, -0.05) is 5.16 Å². The van der Waals surface area contributed by atoms with Crippen LogP contribution >= 0.6 is 0 Å². The maximum absolute atomic E-state index is 11.3. The summed E-state index contributed by atoms with van der Waals surface area (Å²) in [5.41, 5.74) is 5.01. The van der Waals surface area contributed by atoms with E-state index in [1.807, 2.05) is 6.07 Å². The minimum absolute atomic E-state index is 0.0369. The van der Waals surface area contributed by atoms with E-state index < -0.39 is 11.7 Å². The summed E-state index contributed by atoms with van der Waals surface area (Å²) in [6.07, 6.45) is -0.505. The van der Waals surface area contributed by atoms with Crippen LogP contribution < -0.4 is 16.4 Å². The first-order valence-electron chi connectivity index (χ1n) is 5.69. The van der Waals surface area contributed by atoms with Gasteiger partial charge in [-0.05, 0) is 20.8 Å². The Morgan fingerprint density at radius 3 is 2.79 bits per heavy atom. The maximum atomic E-state index is 11.3. The molecular weight excluding hydrogens is 250 g/mol. The number of ether oxygens (including phenoxy) is 1. The summed E-state index contributed by atoms with van der Waals surface area (Å²) < 4.78 is 9.72. The van der Waals surface area contributed by atoms with Crippen molar-refractivity contribution in [3.63, 3.8) is 0 Å². The third kappa shape index (κ3) is 4.75. The lowest BCUT2D eigenvalue weighted by atomic mass is 10.2. The fraction of sp³-hybridized carbons (Fsp3) is 0.545. The van der Waals surface area contributed by atoms with Gasteiger partial charge in [0.1, 0.15) is 11.7 Å². The highest BCUT2D eigenvalue weighted by Crippen LogP contribution is 2.18. The molecule has 0 aromatic carbocycles. The highest BCUT2D eigenvalue weighted by Gasteiger charge is 2.16. The molecule has 0 aliphatic carbocycles. The summed E-state index contributed by atoms with van der Waals surface area (Å²) in [4.78, 5) is 11.3. The second kappa shape index (κ2) is 5.95. The maximum Gasteiger partial charge on any atom is 0.407 e. The number of nitrogens with one attached hydrogen (secondary N) is 2. The number of hydrogen-bond acceptors (Lipinski definition) is 7. The van der Waals surface area contributed by atoms with Gasteiger partial charge in [0.2, 0.25) is 5.88 Å². The molecule has 19 heavy (non-hydrogen) atoms. The van der Waals surface area contributed by atoms with Gasteiger partial charge < -0.3 is 25.6 Å². The lowest BCUT2D eigenvalue weighted by Crippen LogP contribution is -2.35. The molecule has 1 aromatic heterocycles. The zero-order chi connectivity index (χ0) is 14.5. The van der Waals surface area contributed by atoms with Crippen LogP contribution in [0.25, 0.3) is 0 Å². The van der Waals surface area contributed by atoms with Gasteiger partial charge in [0.25, 0.3) is 0 Å². The predicted molar refractivity (Wildman–Crippen MR) is 68.4 cm³/mol. The highest BCUT2D eigenvalue weighted by molar-refractivity contribution is 5.67. The standard InChI is InChI=1S/C11H17N5O3/c1-11(2,3)18-10(17)15-5-4-14-9-7(6-12)8(13)19-16-9/h4-5,13H2,1-3H3,(H,14,16)(H,15,17). The number of nitrogens with zero attached hydrogens (tertiary/aromatic N) is 2. The number of amides is 1. The molecule has 0 spiro atoms. The number of aromatic nitrogens is 1. The van der Waals surface area contributed by atoms with Crippen molar-refractivity contribution in [1.29, 1.82) is 5.26 Å². The fourth-order valence-corrected chi connectivity index (χ4v) is 1.19. The van der Waals surface area contributed by atoms with Crippen molar-refractivity contribution in [3.8, 4) is 6.07 Å². The quantitative estimate of drug-likeness (QED) is 0.696. The van der Waals surface area contributed by atoms with Crippen LogP contribution in [0.1, 0.15) is 26.3 Å². The fourth-order valence-electron chi connectivity index (χ4n) is 1.19. The first-order valence-corrected chi connectivity index (χ1v) is 5.69. The molecule has 0 radical (unpaired) electrons. The van der Waals surface area contributed by atoms with Crippen LogP contribution in [0.15, 0.2) is 4.52 Å². The molecule has 1 heterocycles. The van der Waals surface area contributed by atoms with Crippen LogP contribution in [-0.4, -0.2) is 29.9 Å². The summed E-state index contributed by atoms with van der Waals surface area (Å²) in [5.74, 6) is 0.219. The van der Waals surface area contributed by atoms with Crippen LogP contribution in [0.2, 0.25) is 0 Å². The van der Waals surface area contributed by atoms with Crippen LogP contribution in [0.4, 0.5) is 16.5 Å². The highest BCUT2D eigenvalue weighted by atomic mass is 16.6. The van der Waals surface area contributed by atoms with Crippen molar-refractivity contribution in [2.75, 3.05) is 24.1 Å². The van der Waals surface area contributed by atoms with Gasteiger partial charge in [0, 0.05) is 13.1 Å². The van der Waals surface area contributed by atoms with Gasteiger partial charge in [-0.15, -0.1) is 0 Å². The van der Waals surface area contributed by atoms with Gasteiger partial charge in [-0.3, -0.25) is 0 Å². The van der Waals surface area contributed by atoms with E-state index in [-0.39, 0.29) is 17.3 Å². The monoisotopic (exact) mass is 267 g/mol. The van der Waals surface area contributed by atoms with Crippen LogP contribution in [0.3, 0.4) is 0 Å². The summed E-state index contributed by atoms with van der Waals surface area (Å²) in [6.45, 7) is 6.01. The number of carbonyl (C=O) groups excluding carboxylic acids is 1. The summed E-state index contributed by atoms with van der Waals surface area (Å²) in [6, 6.07) is 1.87. The molecule has 0 fully saturated rings. The molecule has 0 saturated carbocycles. The van der Waals surface area contributed by atoms with Crippen molar-refractivity contribution in [3.05, 3.63) is 5.56 Å². The Morgan fingerprint density at radius 2 is 2.21 bits per heavy atom. The van der Waals surface area contributed by atoms with E-state index in [0.717, 1.165) is 0 Å². The minimum Gasteiger partial charge on any atom is -0.444 e. The Morgan fingerprint density at radius 1 is 1.53 bits per heavy atom. The van der Waals surface area contributed by atoms with Gasteiger partial charge in [0.15, 0.2) is 11.4 Å². The molecular formula is C11H17N5O3. The minimum atomic E-state index is -0.536. The summed E-state index contributed by atoms with van der Waals surface area (Å²) in [5, 5.41) is 17.8. The van der Waals surface area contributed by atoms with E-state index in [4.69, 9.17) is 15.7 Å². The van der Waals surface area contributed by atoms with Crippen LogP contribution in [-0.2, 0) is 4.74 Å². The zero-order valence-corrected chi connectivity index (χ0v) is 11.1. The Balaban J connectivity index is 2.32. The first-order chi connectivity index (χ1) is 8.83. The largest absolute Gasteiger partial charge is 0.444 e. The zero-order valence-electron chi connectivity index (χ0n) is 11.1. The molecule has 8 heteroatoms. The molecule has 0 atom stereocenters. The Labute approximate surface area is 110 Å². The number of anilines is 2. The third-order valence-corrected chi connectivity index (χ3v) is 1.92. The molecule has 8 nitrogen and oxygen atoms in total. The average Bonchev–Trinajstić information content (AvgIpc) is 2.63. The van der Waals surface area contributed by atoms with Gasteiger partial charge in [-0.2, -0.15) is 5.26 Å². The van der Waals surface area contributed by atoms with Gasteiger partial charge >= 0.3 is 6.09 Å². The SMILES string of the molecule is CC(C)(C)OC(=O)NCCNc1noc(N)c1C#N. The molecule has 0 unspecified atom stereocenters. The molecule has 104 valence electrons. The van der Waals surface area contributed by atoms with Crippen molar-refractivity contribution < 1.29 is 14.1 Å². The Hall–Kier alpha value is -2.43. The number of nitriles is 1. The molecule has 1 amide bonds. The number of nitrogens with two attached hydrogens (primary N) is 1. The molecule has 1 rings (SSSR count). The molecule has 4 N–H and O–H groups in total. The normalized spacial score (nSPS) is 10.6. The summed E-state index contributed by atoms with van der Waals surface area (Å²) >= 11 is 0.